The standard InChI is InChI=1S/C20H15F4O3PS/c21-19(20(22,23)24)29(25,26)27-17-13-7-8-14-18(17)28(15-9-3-1-4-10-15)16-11-5-2-6-12-16/h1-14,19H. The average molecular weight is 442 g/mol. The molecular weight excluding hydrogens is 427 g/mol. The van der Waals surface area contributed by atoms with Gasteiger partial charge in [0.05, 0.1) is 0 Å². The molecule has 0 heterocycles. The van der Waals surface area contributed by atoms with Crippen LogP contribution in [-0.4, -0.2) is 20.1 Å². The zero-order chi connectivity index (χ0) is 21.1. The predicted octanol–water partition coefficient (Wildman–Crippen LogP) is 4.01. The summed E-state index contributed by atoms with van der Waals surface area (Å²) in [6, 6.07) is 24.0. The molecule has 0 aliphatic rings. The van der Waals surface area contributed by atoms with E-state index < -0.39 is 29.7 Å². The Labute approximate surface area is 166 Å². The molecule has 3 aromatic carbocycles. The maximum atomic E-state index is 13.5. The third-order valence-corrected chi connectivity index (χ3v) is 7.52. The van der Waals surface area contributed by atoms with Crippen molar-refractivity contribution in [1.82, 2.24) is 0 Å². The molecule has 3 nitrogen and oxygen atoms in total. The Morgan fingerprint density at radius 1 is 0.759 bits per heavy atom. The highest BCUT2D eigenvalue weighted by molar-refractivity contribution is 7.87. The maximum absolute atomic E-state index is 13.5. The molecule has 29 heavy (non-hydrogen) atoms. The van der Waals surface area contributed by atoms with E-state index in [0.717, 1.165) is 10.6 Å². The van der Waals surface area contributed by atoms with Gasteiger partial charge in [0.1, 0.15) is 0 Å². The van der Waals surface area contributed by atoms with Gasteiger partial charge in [0, 0.05) is 5.30 Å². The summed E-state index contributed by atoms with van der Waals surface area (Å²) >= 11 is 0. The highest BCUT2D eigenvalue weighted by Crippen LogP contribution is 2.37. The smallest absolute Gasteiger partial charge is 0.379 e. The second-order valence-corrected chi connectivity index (χ2v) is 9.66. The fourth-order valence-electron chi connectivity index (χ4n) is 2.62. The van der Waals surface area contributed by atoms with Crippen LogP contribution in [0, 0.1) is 0 Å². The van der Waals surface area contributed by atoms with Gasteiger partial charge in [-0.05, 0) is 24.6 Å². The van der Waals surface area contributed by atoms with Gasteiger partial charge in [-0.25, -0.2) is 4.39 Å². The van der Waals surface area contributed by atoms with Crippen molar-refractivity contribution in [3.8, 4) is 5.75 Å². The van der Waals surface area contributed by atoms with E-state index in [2.05, 4.69) is 4.18 Å². The summed E-state index contributed by atoms with van der Waals surface area (Å²) in [6.45, 7) is 0. The zero-order valence-electron chi connectivity index (χ0n) is 14.8. The second-order valence-electron chi connectivity index (χ2n) is 5.91. The Kier molecular flexibility index (Phi) is 6.24. The molecule has 0 fully saturated rings. The Bertz CT molecular complexity index is 1020. The van der Waals surface area contributed by atoms with Crippen molar-refractivity contribution >= 4 is 34.0 Å². The van der Waals surface area contributed by atoms with E-state index in [1.54, 1.807) is 36.4 Å². The number of hydrogen-bond donors (Lipinski definition) is 0. The van der Waals surface area contributed by atoms with Gasteiger partial charge >= 0.3 is 21.8 Å². The van der Waals surface area contributed by atoms with Crippen LogP contribution in [0.5, 0.6) is 5.75 Å². The van der Waals surface area contributed by atoms with E-state index in [1.165, 1.54) is 12.1 Å². The zero-order valence-corrected chi connectivity index (χ0v) is 16.5. The van der Waals surface area contributed by atoms with Crippen LogP contribution in [-0.2, 0) is 10.1 Å². The van der Waals surface area contributed by atoms with Crippen molar-refractivity contribution in [1.29, 1.82) is 0 Å². The Morgan fingerprint density at radius 2 is 1.21 bits per heavy atom. The van der Waals surface area contributed by atoms with E-state index in [0.29, 0.717) is 5.30 Å². The molecule has 0 aliphatic heterocycles. The van der Waals surface area contributed by atoms with Crippen LogP contribution >= 0.6 is 7.92 Å². The fourth-order valence-corrected chi connectivity index (χ4v) is 5.86. The first-order valence-electron chi connectivity index (χ1n) is 8.33. The summed E-state index contributed by atoms with van der Waals surface area (Å²) in [5.41, 5.74) is -4.14. The summed E-state index contributed by atoms with van der Waals surface area (Å²) in [5.74, 6) is -0.335. The number of benzene rings is 3. The SMILES string of the molecule is O=S(=O)(Oc1ccccc1P(c1ccccc1)c1ccccc1)C(F)C(F)(F)F. The lowest BCUT2D eigenvalue weighted by Gasteiger charge is -2.22. The summed E-state index contributed by atoms with van der Waals surface area (Å²) in [4.78, 5) is 0. The number of hydrogen-bond acceptors (Lipinski definition) is 3. The molecule has 0 aromatic heterocycles. The molecule has 152 valence electrons. The maximum Gasteiger partial charge on any atom is 0.437 e. The van der Waals surface area contributed by atoms with Gasteiger partial charge < -0.3 is 4.18 Å². The van der Waals surface area contributed by atoms with E-state index in [1.807, 2.05) is 36.4 Å². The lowest BCUT2D eigenvalue weighted by molar-refractivity contribution is -0.157. The Morgan fingerprint density at radius 3 is 1.69 bits per heavy atom. The van der Waals surface area contributed by atoms with Crippen molar-refractivity contribution < 1.29 is 30.2 Å². The molecule has 0 spiro atoms. The van der Waals surface area contributed by atoms with Crippen LogP contribution in [0.25, 0.3) is 0 Å². The highest BCUT2D eigenvalue weighted by atomic mass is 32.2. The molecule has 1 atom stereocenters. The van der Waals surface area contributed by atoms with Crippen molar-refractivity contribution in [3.63, 3.8) is 0 Å². The van der Waals surface area contributed by atoms with Gasteiger partial charge in [-0.15, -0.1) is 0 Å². The molecule has 0 saturated carbocycles. The van der Waals surface area contributed by atoms with E-state index >= 15 is 0 Å². The minimum Gasteiger partial charge on any atom is -0.379 e. The van der Waals surface area contributed by atoms with Crippen molar-refractivity contribution in [3.05, 3.63) is 84.9 Å². The lowest BCUT2D eigenvalue weighted by atomic mass is 10.3. The molecule has 0 bridgehead atoms. The summed E-state index contributed by atoms with van der Waals surface area (Å²) in [6.07, 6.45) is -5.59. The van der Waals surface area contributed by atoms with Crippen LogP contribution in [0.15, 0.2) is 84.9 Å². The molecule has 9 heteroatoms. The minimum absolute atomic E-state index is 0.335. The van der Waals surface area contributed by atoms with Crippen LogP contribution in [0.3, 0.4) is 0 Å². The molecule has 1 unspecified atom stereocenters. The van der Waals surface area contributed by atoms with Gasteiger partial charge in [0.2, 0.25) is 0 Å². The molecule has 3 aromatic rings. The predicted molar refractivity (Wildman–Crippen MR) is 106 cm³/mol. The molecule has 0 N–H and O–H groups in total. The van der Waals surface area contributed by atoms with Gasteiger partial charge in [-0.2, -0.15) is 21.6 Å². The van der Waals surface area contributed by atoms with Crippen LogP contribution in [0.1, 0.15) is 0 Å². The van der Waals surface area contributed by atoms with E-state index in [-0.39, 0.29) is 5.75 Å². The first-order valence-corrected chi connectivity index (χ1v) is 11.1. The Hall–Kier alpha value is -2.44. The number of alkyl halides is 4. The van der Waals surface area contributed by atoms with E-state index in [9.17, 15) is 26.0 Å². The highest BCUT2D eigenvalue weighted by Gasteiger charge is 2.51. The van der Waals surface area contributed by atoms with Crippen molar-refractivity contribution in [2.24, 2.45) is 0 Å². The largest absolute Gasteiger partial charge is 0.437 e. The van der Waals surface area contributed by atoms with Gasteiger partial charge in [-0.1, -0.05) is 78.9 Å². The molecule has 0 aliphatic carbocycles. The van der Waals surface area contributed by atoms with Crippen LogP contribution in [0.2, 0.25) is 0 Å². The first kappa shape index (κ1) is 21.3. The summed E-state index contributed by atoms with van der Waals surface area (Å²) < 4.78 is 79.7. The van der Waals surface area contributed by atoms with Gasteiger partial charge in [-0.3, -0.25) is 0 Å². The number of halogens is 4. The quantitative estimate of drug-likeness (QED) is 0.329. The topological polar surface area (TPSA) is 43.4 Å². The lowest BCUT2D eigenvalue weighted by Crippen LogP contribution is -2.36. The molecule has 0 saturated heterocycles. The fraction of sp³-hybridized carbons (Fsp3) is 0.100. The molecule has 0 amide bonds. The van der Waals surface area contributed by atoms with Crippen molar-refractivity contribution in [2.45, 2.75) is 11.7 Å². The Balaban J connectivity index is 2.10. The molecular formula is C20H15F4O3PS. The third-order valence-electron chi connectivity index (χ3n) is 3.85. The first-order chi connectivity index (χ1) is 13.7. The van der Waals surface area contributed by atoms with Crippen LogP contribution in [0.4, 0.5) is 17.6 Å². The number of rotatable bonds is 6. The minimum atomic E-state index is -5.59. The van der Waals surface area contributed by atoms with E-state index in [4.69, 9.17) is 0 Å². The number of para-hydroxylation sites is 1. The second kappa shape index (κ2) is 8.51. The van der Waals surface area contributed by atoms with Gasteiger partial charge in [0.15, 0.2) is 5.75 Å². The molecule has 0 radical (unpaired) electrons. The van der Waals surface area contributed by atoms with Crippen LogP contribution < -0.4 is 20.1 Å². The third kappa shape index (κ3) is 4.95. The summed E-state index contributed by atoms with van der Waals surface area (Å²) in [5, 5.41) is 2.02. The molecule has 3 rings (SSSR count). The normalized spacial score (nSPS) is 13.3. The van der Waals surface area contributed by atoms with Gasteiger partial charge in [0.25, 0.3) is 0 Å². The average Bonchev–Trinajstić information content (AvgIpc) is 2.70. The summed E-state index contributed by atoms with van der Waals surface area (Å²) in [7, 11) is -6.93. The van der Waals surface area contributed by atoms with Crippen molar-refractivity contribution in [2.75, 3.05) is 0 Å². The monoisotopic (exact) mass is 442 g/mol.